The van der Waals surface area contributed by atoms with E-state index in [0.717, 1.165) is 24.9 Å². The van der Waals surface area contributed by atoms with Gasteiger partial charge in [0.05, 0.1) is 0 Å². The summed E-state index contributed by atoms with van der Waals surface area (Å²) in [5, 5.41) is 3.51. The molecule has 0 aliphatic rings. The minimum Gasteiger partial charge on any atom is -0.312 e. The Labute approximate surface area is 121 Å². The molecule has 0 aliphatic carbocycles. The Morgan fingerprint density at radius 1 is 1.10 bits per heavy atom. The predicted molar refractivity (Wildman–Crippen MR) is 80.8 cm³/mol. The monoisotopic (exact) mass is 283 g/mol. The maximum atomic E-state index is 13.3. The third-order valence-corrected chi connectivity index (χ3v) is 3.23. The van der Waals surface area contributed by atoms with Gasteiger partial charge in [0.15, 0.2) is 11.6 Å². The number of hydrogen-bond donors (Lipinski definition) is 1. The quantitative estimate of drug-likeness (QED) is 0.807. The largest absolute Gasteiger partial charge is 0.312 e. The van der Waals surface area contributed by atoms with Gasteiger partial charge in [-0.1, -0.05) is 19.9 Å². The van der Waals surface area contributed by atoms with Crippen molar-refractivity contribution in [3.63, 3.8) is 0 Å². The Balaban J connectivity index is 2.70. The molecule has 20 heavy (non-hydrogen) atoms. The molecule has 1 aromatic carbocycles. The highest BCUT2D eigenvalue weighted by Crippen LogP contribution is 2.19. The fourth-order valence-corrected chi connectivity index (χ4v) is 2.36. The lowest BCUT2D eigenvalue weighted by molar-refractivity contribution is 0.331. The van der Waals surface area contributed by atoms with Crippen LogP contribution in [0.3, 0.4) is 0 Å². The molecule has 0 aliphatic heterocycles. The van der Waals surface area contributed by atoms with Gasteiger partial charge in [-0.3, -0.25) is 0 Å². The first-order valence-corrected chi connectivity index (χ1v) is 7.36. The molecule has 3 heteroatoms. The van der Waals surface area contributed by atoms with Crippen molar-refractivity contribution in [1.82, 2.24) is 5.32 Å². The molecule has 1 nitrogen and oxygen atoms in total. The molecular weight excluding hydrogens is 256 g/mol. The molecule has 0 saturated carbocycles. The van der Waals surface area contributed by atoms with Gasteiger partial charge in [0.25, 0.3) is 0 Å². The van der Waals surface area contributed by atoms with E-state index >= 15 is 0 Å². The lowest BCUT2D eigenvalue weighted by Crippen LogP contribution is -2.39. The van der Waals surface area contributed by atoms with Crippen molar-refractivity contribution >= 4 is 0 Å². The van der Waals surface area contributed by atoms with E-state index in [1.807, 2.05) is 0 Å². The Morgan fingerprint density at radius 2 is 1.75 bits per heavy atom. The summed E-state index contributed by atoms with van der Waals surface area (Å²) in [5.74, 6) is -0.511. The van der Waals surface area contributed by atoms with E-state index in [2.05, 4.69) is 39.9 Å². The second-order valence-electron chi connectivity index (χ2n) is 7.08. The Kier molecular flexibility index (Phi) is 6.12. The molecule has 0 spiro atoms. The third-order valence-electron chi connectivity index (χ3n) is 3.23. The lowest BCUT2D eigenvalue weighted by atomic mass is 9.90. The summed E-state index contributed by atoms with van der Waals surface area (Å²) in [6, 6.07) is 4.22. The molecule has 1 rings (SSSR count). The first-order chi connectivity index (χ1) is 9.17. The SMILES string of the molecule is CC(C)CC(CNC(C)(C)C)Cc1ccc(F)c(F)c1. The molecule has 1 atom stereocenters. The number of hydrogen-bond acceptors (Lipinski definition) is 1. The molecule has 0 amide bonds. The fourth-order valence-electron chi connectivity index (χ4n) is 2.36. The van der Waals surface area contributed by atoms with Crippen molar-refractivity contribution in [2.24, 2.45) is 11.8 Å². The van der Waals surface area contributed by atoms with Crippen molar-refractivity contribution in [3.8, 4) is 0 Å². The number of benzene rings is 1. The molecule has 1 N–H and O–H groups in total. The predicted octanol–water partition coefficient (Wildman–Crippen LogP) is 4.56. The number of rotatable bonds is 6. The zero-order chi connectivity index (χ0) is 15.3. The van der Waals surface area contributed by atoms with Crippen LogP contribution in [-0.2, 0) is 6.42 Å². The van der Waals surface area contributed by atoms with Gasteiger partial charge in [0.1, 0.15) is 0 Å². The highest BCUT2D eigenvalue weighted by molar-refractivity contribution is 5.18. The third kappa shape index (κ3) is 6.47. The van der Waals surface area contributed by atoms with E-state index in [-0.39, 0.29) is 5.54 Å². The summed E-state index contributed by atoms with van der Waals surface area (Å²) in [6.07, 6.45) is 1.85. The summed E-state index contributed by atoms with van der Waals surface area (Å²) in [7, 11) is 0. The van der Waals surface area contributed by atoms with Crippen LogP contribution in [0.4, 0.5) is 8.78 Å². The Hall–Kier alpha value is -0.960. The number of nitrogens with one attached hydrogen (secondary N) is 1. The van der Waals surface area contributed by atoms with Gasteiger partial charge in [-0.2, -0.15) is 0 Å². The molecule has 0 aromatic heterocycles. The highest BCUT2D eigenvalue weighted by atomic mass is 19.2. The smallest absolute Gasteiger partial charge is 0.159 e. The summed E-state index contributed by atoms with van der Waals surface area (Å²) < 4.78 is 26.2. The van der Waals surface area contributed by atoms with Crippen LogP contribution < -0.4 is 5.32 Å². The summed E-state index contributed by atoms with van der Waals surface area (Å²) in [5.41, 5.74) is 0.939. The summed E-state index contributed by atoms with van der Waals surface area (Å²) in [6.45, 7) is 11.7. The van der Waals surface area contributed by atoms with E-state index in [9.17, 15) is 8.78 Å². The minimum atomic E-state index is -0.776. The standard InChI is InChI=1S/C17H27F2N/c1-12(2)8-14(11-20-17(3,4)5)9-13-6-7-15(18)16(19)10-13/h6-7,10,12,14,20H,8-9,11H2,1-5H3. The van der Waals surface area contributed by atoms with Crippen LogP contribution in [0, 0.1) is 23.5 Å². The van der Waals surface area contributed by atoms with E-state index < -0.39 is 11.6 Å². The second kappa shape index (κ2) is 7.16. The van der Waals surface area contributed by atoms with E-state index in [4.69, 9.17) is 0 Å². The molecule has 0 fully saturated rings. The lowest BCUT2D eigenvalue weighted by Gasteiger charge is -2.26. The van der Waals surface area contributed by atoms with Gasteiger partial charge in [-0.25, -0.2) is 8.78 Å². The molecular formula is C17H27F2N. The molecule has 114 valence electrons. The van der Waals surface area contributed by atoms with Gasteiger partial charge in [-0.05, 0) is 69.7 Å². The van der Waals surface area contributed by atoms with Crippen LogP contribution >= 0.6 is 0 Å². The summed E-state index contributed by atoms with van der Waals surface area (Å²) >= 11 is 0. The van der Waals surface area contributed by atoms with Gasteiger partial charge >= 0.3 is 0 Å². The minimum absolute atomic E-state index is 0.0727. The maximum Gasteiger partial charge on any atom is 0.159 e. The van der Waals surface area contributed by atoms with Crippen LogP contribution in [-0.4, -0.2) is 12.1 Å². The topological polar surface area (TPSA) is 12.0 Å². The number of halogens is 2. The van der Waals surface area contributed by atoms with Gasteiger partial charge in [0.2, 0.25) is 0 Å². The maximum absolute atomic E-state index is 13.3. The van der Waals surface area contributed by atoms with Crippen molar-refractivity contribution in [3.05, 3.63) is 35.4 Å². The van der Waals surface area contributed by atoms with Crippen LogP contribution in [0.2, 0.25) is 0 Å². The average molecular weight is 283 g/mol. The molecule has 0 heterocycles. The normalized spacial score (nSPS) is 13.8. The van der Waals surface area contributed by atoms with E-state index in [0.29, 0.717) is 11.8 Å². The van der Waals surface area contributed by atoms with Crippen molar-refractivity contribution < 1.29 is 8.78 Å². The molecule has 0 radical (unpaired) electrons. The van der Waals surface area contributed by atoms with Crippen LogP contribution in [0.15, 0.2) is 18.2 Å². The van der Waals surface area contributed by atoms with E-state index in [1.165, 1.54) is 12.1 Å². The Bertz CT molecular complexity index is 421. The molecule has 1 aromatic rings. The first kappa shape index (κ1) is 17.1. The van der Waals surface area contributed by atoms with E-state index in [1.54, 1.807) is 6.07 Å². The Morgan fingerprint density at radius 3 is 2.25 bits per heavy atom. The molecule has 0 saturated heterocycles. The van der Waals surface area contributed by atoms with Gasteiger partial charge in [0, 0.05) is 5.54 Å². The molecule has 1 unspecified atom stereocenters. The average Bonchev–Trinajstić information content (AvgIpc) is 2.29. The van der Waals surface area contributed by atoms with Crippen LogP contribution in [0.25, 0.3) is 0 Å². The van der Waals surface area contributed by atoms with Crippen molar-refractivity contribution in [1.29, 1.82) is 0 Å². The van der Waals surface area contributed by atoms with Crippen molar-refractivity contribution in [2.45, 2.75) is 53.0 Å². The first-order valence-electron chi connectivity index (χ1n) is 7.36. The fraction of sp³-hybridized carbons (Fsp3) is 0.647. The van der Waals surface area contributed by atoms with Gasteiger partial charge < -0.3 is 5.32 Å². The highest BCUT2D eigenvalue weighted by Gasteiger charge is 2.16. The van der Waals surface area contributed by atoms with Crippen molar-refractivity contribution in [2.75, 3.05) is 6.54 Å². The zero-order valence-electron chi connectivity index (χ0n) is 13.3. The van der Waals surface area contributed by atoms with Gasteiger partial charge in [-0.15, -0.1) is 0 Å². The second-order valence-corrected chi connectivity index (χ2v) is 7.08. The van der Waals surface area contributed by atoms with Crippen LogP contribution in [0.5, 0.6) is 0 Å². The van der Waals surface area contributed by atoms with Crippen LogP contribution in [0.1, 0.15) is 46.6 Å². The summed E-state index contributed by atoms with van der Waals surface area (Å²) in [4.78, 5) is 0. The zero-order valence-corrected chi connectivity index (χ0v) is 13.3. The molecule has 0 bridgehead atoms.